The van der Waals surface area contributed by atoms with E-state index in [9.17, 15) is 4.79 Å². The first-order chi connectivity index (χ1) is 21.7. The third-order valence-electron chi connectivity index (χ3n) is 10.0. The molecule has 0 radical (unpaired) electrons. The summed E-state index contributed by atoms with van der Waals surface area (Å²) < 4.78 is 44.6. The third kappa shape index (κ3) is 10.1. The molecule has 9 nitrogen and oxygen atoms in total. The third-order valence-corrected chi connectivity index (χ3v) is 10.0. The van der Waals surface area contributed by atoms with Gasteiger partial charge in [-0.3, -0.25) is 0 Å². The van der Waals surface area contributed by atoms with Crippen LogP contribution in [0.4, 0.5) is 0 Å². The molecule has 1 aromatic carbocycles. The smallest absolute Gasteiger partial charge is 0.332 e. The Morgan fingerprint density at radius 2 is 1.64 bits per heavy atom. The highest BCUT2D eigenvalue weighted by Crippen LogP contribution is 2.63. The van der Waals surface area contributed by atoms with E-state index in [0.717, 1.165) is 38.0 Å². The van der Waals surface area contributed by atoms with Crippen molar-refractivity contribution in [3.8, 4) is 5.75 Å². The molecule has 6 atom stereocenters. The summed E-state index contributed by atoms with van der Waals surface area (Å²) in [4.78, 5) is 11.7. The van der Waals surface area contributed by atoms with E-state index in [-0.39, 0.29) is 30.9 Å². The van der Waals surface area contributed by atoms with Gasteiger partial charge in [-0.1, -0.05) is 19.4 Å². The number of rotatable bonds is 19. The number of methoxy groups -OCH3 is 2. The van der Waals surface area contributed by atoms with Crippen LogP contribution in [0.3, 0.4) is 0 Å². The van der Waals surface area contributed by atoms with Crippen molar-refractivity contribution in [2.24, 2.45) is 23.2 Å². The predicted octanol–water partition coefficient (Wildman–Crippen LogP) is 6.30. The van der Waals surface area contributed by atoms with Crippen molar-refractivity contribution in [1.29, 1.82) is 0 Å². The fourth-order valence-electron chi connectivity index (χ4n) is 8.22. The molecule has 9 heteroatoms. The molecule has 0 bridgehead atoms. The van der Waals surface area contributed by atoms with Crippen LogP contribution in [0.5, 0.6) is 5.75 Å². The van der Waals surface area contributed by atoms with Gasteiger partial charge in [-0.25, -0.2) is 4.79 Å². The molecule has 0 heterocycles. The number of ether oxygens (including phenoxy) is 8. The second-order valence-electron chi connectivity index (χ2n) is 14.2. The van der Waals surface area contributed by atoms with Gasteiger partial charge in [0.05, 0.1) is 32.5 Å². The van der Waals surface area contributed by atoms with E-state index in [2.05, 4.69) is 25.1 Å². The van der Waals surface area contributed by atoms with Crippen LogP contribution >= 0.6 is 0 Å². The highest BCUT2D eigenvalue weighted by atomic mass is 16.7. The maximum atomic E-state index is 11.7. The molecule has 256 valence electrons. The summed E-state index contributed by atoms with van der Waals surface area (Å²) >= 11 is 0. The van der Waals surface area contributed by atoms with Crippen LogP contribution < -0.4 is 4.74 Å². The van der Waals surface area contributed by atoms with Crippen molar-refractivity contribution < 1.29 is 42.7 Å². The summed E-state index contributed by atoms with van der Waals surface area (Å²) in [6, 6.07) is 6.71. The minimum absolute atomic E-state index is 0.0593. The molecule has 0 amide bonds. The van der Waals surface area contributed by atoms with E-state index in [0.29, 0.717) is 56.9 Å². The van der Waals surface area contributed by atoms with Gasteiger partial charge in [-0.05, 0) is 118 Å². The van der Waals surface area contributed by atoms with Gasteiger partial charge in [0.2, 0.25) is 0 Å². The predicted molar refractivity (Wildman–Crippen MR) is 171 cm³/mol. The number of carbonyl (C=O) groups is 1. The fourth-order valence-corrected chi connectivity index (χ4v) is 8.22. The van der Waals surface area contributed by atoms with Crippen molar-refractivity contribution in [2.45, 2.75) is 96.7 Å². The number of benzene rings is 1. The van der Waals surface area contributed by atoms with Crippen LogP contribution in [0, 0.1) is 23.2 Å². The lowest BCUT2D eigenvalue weighted by Crippen LogP contribution is -2.47. The summed E-state index contributed by atoms with van der Waals surface area (Å²) in [6.45, 7) is 11.2. The SMILES string of the molecule is COCOc1ccc2c(c1)C[C@@H](CCCCOCCOCCOCC(=O)OC(C)(C)C)[C@@H]1[C@@H]2CC[C@]2(C)[C@@H](OCOC)CC[C@@H]12. The van der Waals surface area contributed by atoms with Crippen LogP contribution in [0.2, 0.25) is 0 Å². The van der Waals surface area contributed by atoms with Gasteiger partial charge in [0.25, 0.3) is 0 Å². The zero-order valence-corrected chi connectivity index (χ0v) is 28.6. The number of unbranched alkanes of at least 4 members (excludes halogenated alkanes) is 1. The Kier molecular flexibility index (Phi) is 14.0. The van der Waals surface area contributed by atoms with Crippen molar-refractivity contribution in [1.82, 2.24) is 0 Å². The minimum atomic E-state index is -0.501. The summed E-state index contributed by atoms with van der Waals surface area (Å²) in [5, 5.41) is 0. The molecule has 0 aromatic heterocycles. The zero-order chi connectivity index (χ0) is 32.3. The first kappa shape index (κ1) is 36.1. The van der Waals surface area contributed by atoms with Gasteiger partial charge in [0.1, 0.15) is 24.8 Å². The molecule has 1 aromatic rings. The molecule has 2 fully saturated rings. The van der Waals surface area contributed by atoms with Crippen molar-refractivity contribution >= 4 is 5.97 Å². The van der Waals surface area contributed by atoms with Crippen LogP contribution in [-0.2, 0) is 44.4 Å². The van der Waals surface area contributed by atoms with Gasteiger partial charge in [0.15, 0.2) is 6.79 Å². The van der Waals surface area contributed by atoms with Gasteiger partial charge in [0, 0.05) is 20.8 Å². The highest BCUT2D eigenvalue weighted by Gasteiger charge is 2.57. The minimum Gasteiger partial charge on any atom is -0.468 e. The Morgan fingerprint density at radius 3 is 2.38 bits per heavy atom. The van der Waals surface area contributed by atoms with Crippen LogP contribution in [0.25, 0.3) is 0 Å². The fraction of sp³-hybridized carbons (Fsp3) is 0.806. The molecular weight excluding hydrogens is 576 g/mol. The lowest BCUT2D eigenvalue weighted by molar-refractivity contribution is -0.160. The van der Waals surface area contributed by atoms with Crippen LogP contribution in [0.1, 0.15) is 89.7 Å². The molecule has 0 unspecified atom stereocenters. The maximum Gasteiger partial charge on any atom is 0.332 e. The van der Waals surface area contributed by atoms with Crippen LogP contribution in [-0.4, -0.2) is 85.1 Å². The van der Waals surface area contributed by atoms with Gasteiger partial charge in [-0.2, -0.15) is 0 Å². The average molecular weight is 635 g/mol. The molecule has 0 aliphatic heterocycles. The molecule has 45 heavy (non-hydrogen) atoms. The van der Waals surface area contributed by atoms with Crippen molar-refractivity contribution in [3.05, 3.63) is 29.3 Å². The lowest BCUT2D eigenvalue weighted by Gasteiger charge is -2.53. The first-order valence-electron chi connectivity index (χ1n) is 17.0. The number of hydrogen-bond donors (Lipinski definition) is 0. The standard InChI is InChI=1S/C36H58O9/c1-35(2,3)45-33(37)23-42-20-19-41-18-17-40-16-8-7-9-26-21-27-22-28(43-24-38-5)10-11-29(27)30-14-15-36(4)31(34(26)30)12-13-32(36)44-25-39-6/h10-11,22,26,30-32,34H,7-9,12-21,23-25H2,1-6H3/t26-,30-,31+,32+,34-,36+/m1/s1. The van der Waals surface area contributed by atoms with Gasteiger partial charge in [-0.15, -0.1) is 0 Å². The highest BCUT2D eigenvalue weighted by molar-refractivity contribution is 5.71. The van der Waals surface area contributed by atoms with E-state index < -0.39 is 5.60 Å². The quantitative estimate of drug-likeness (QED) is 0.0988. The van der Waals surface area contributed by atoms with Crippen LogP contribution in [0.15, 0.2) is 18.2 Å². The van der Waals surface area contributed by atoms with Crippen molar-refractivity contribution in [2.75, 3.05) is 67.4 Å². The summed E-state index contributed by atoms with van der Waals surface area (Å²) in [5.74, 6) is 3.10. The molecule has 3 aliphatic carbocycles. The second kappa shape index (κ2) is 17.4. The molecule has 0 saturated heterocycles. The van der Waals surface area contributed by atoms with Gasteiger partial charge >= 0.3 is 5.97 Å². The van der Waals surface area contributed by atoms with E-state index in [1.165, 1.54) is 36.8 Å². The molecule has 0 spiro atoms. The topological polar surface area (TPSA) is 90.9 Å². The normalized spacial score (nSPS) is 27.5. The largest absolute Gasteiger partial charge is 0.468 e. The van der Waals surface area contributed by atoms with E-state index in [1.807, 2.05) is 20.8 Å². The van der Waals surface area contributed by atoms with E-state index in [4.69, 9.17) is 37.9 Å². The van der Waals surface area contributed by atoms with Gasteiger partial charge < -0.3 is 37.9 Å². The molecule has 2 saturated carbocycles. The number of fused-ring (bicyclic) bond motifs is 5. The maximum absolute atomic E-state index is 11.7. The Bertz CT molecular complexity index is 1040. The van der Waals surface area contributed by atoms with E-state index in [1.54, 1.807) is 14.2 Å². The molecule has 4 rings (SSSR count). The summed E-state index contributed by atoms with van der Waals surface area (Å²) in [5.41, 5.74) is 2.69. The number of hydrogen-bond acceptors (Lipinski definition) is 9. The Morgan fingerprint density at radius 1 is 0.911 bits per heavy atom. The number of esters is 1. The van der Waals surface area contributed by atoms with Crippen molar-refractivity contribution in [3.63, 3.8) is 0 Å². The Hall–Kier alpha value is -1.75. The summed E-state index contributed by atoms with van der Waals surface area (Å²) in [7, 11) is 3.37. The first-order valence-corrected chi connectivity index (χ1v) is 17.0. The van der Waals surface area contributed by atoms with E-state index >= 15 is 0 Å². The zero-order valence-electron chi connectivity index (χ0n) is 28.6. The Labute approximate surface area is 270 Å². The second-order valence-corrected chi connectivity index (χ2v) is 14.2. The number of carbonyl (C=O) groups excluding carboxylic acids is 1. The monoisotopic (exact) mass is 634 g/mol. The molecular formula is C36H58O9. The Balaban J connectivity index is 1.23. The lowest BCUT2D eigenvalue weighted by atomic mass is 9.52. The average Bonchev–Trinajstić information content (AvgIpc) is 3.34. The molecule has 3 aliphatic rings. The summed E-state index contributed by atoms with van der Waals surface area (Å²) in [6.07, 6.45) is 9.55. The molecule has 0 N–H and O–H groups in total.